The molecule has 4 rings (SSSR count). The molecule has 0 radical (unpaired) electrons. The molecule has 2 N–H and O–H groups in total. The summed E-state index contributed by atoms with van der Waals surface area (Å²) in [5.41, 5.74) is 2.59. The van der Waals surface area contributed by atoms with Crippen LogP contribution < -0.4 is 5.32 Å². The lowest BCUT2D eigenvalue weighted by molar-refractivity contribution is 0.0906. The number of carbonyl (C=O) groups excluding carboxylic acids is 1. The summed E-state index contributed by atoms with van der Waals surface area (Å²) >= 11 is 0. The Morgan fingerprint density at radius 2 is 2.16 bits per heavy atom. The van der Waals surface area contributed by atoms with Gasteiger partial charge in [0.2, 0.25) is 0 Å². The summed E-state index contributed by atoms with van der Waals surface area (Å²) < 4.78 is 0. The highest BCUT2D eigenvalue weighted by Gasteiger charge is 2.44. The Balaban J connectivity index is 1.62. The van der Waals surface area contributed by atoms with E-state index in [0.717, 1.165) is 31.4 Å². The van der Waals surface area contributed by atoms with E-state index in [1.807, 2.05) is 6.20 Å². The van der Waals surface area contributed by atoms with Crippen molar-refractivity contribution in [2.24, 2.45) is 11.3 Å². The van der Waals surface area contributed by atoms with E-state index in [1.165, 1.54) is 0 Å². The Morgan fingerprint density at radius 3 is 2.80 bits per heavy atom. The van der Waals surface area contributed by atoms with Crippen LogP contribution in [0.15, 0.2) is 12.4 Å². The van der Waals surface area contributed by atoms with Gasteiger partial charge in [-0.1, -0.05) is 4.85 Å². The van der Waals surface area contributed by atoms with Crippen LogP contribution >= 0.6 is 0 Å². The number of nitrogens with zero attached hydrogens (tertiary/aromatic N) is 3. The highest BCUT2D eigenvalue weighted by Crippen LogP contribution is 2.41. The second-order valence-electron chi connectivity index (χ2n) is 7.81. The van der Waals surface area contributed by atoms with Gasteiger partial charge in [0.05, 0.1) is 23.5 Å². The molecule has 2 aromatic heterocycles. The van der Waals surface area contributed by atoms with Gasteiger partial charge < -0.3 is 10.3 Å². The third kappa shape index (κ3) is 3.11. The zero-order chi connectivity index (χ0) is 17.6. The standard InChI is InChI=1S/C19H23N5O/c1-19(2,10-20-3)16(12-6-7-12)24-18(25)13-8-21-17-15(13)23-14(9-22-17)11-4-5-11/h8-9,11-12,16H,4-7H2,1-3H3,(H-,21,22,23,24,25)/p+1. The molecule has 1 atom stereocenters. The first-order chi connectivity index (χ1) is 12.0. The zero-order valence-corrected chi connectivity index (χ0v) is 15.0. The SMILES string of the molecule is C[N+]#CC(C)(C)C(NC(=O)c1c[nH]c2ncc(C3CC3)nc12)C1CC1. The lowest BCUT2D eigenvalue weighted by Gasteiger charge is -2.26. The van der Waals surface area contributed by atoms with Crippen LogP contribution in [-0.4, -0.2) is 33.9 Å². The molecule has 0 aromatic carbocycles. The lowest BCUT2D eigenvalue weighted by atomic mass is 9.83. The first-order valence-electron chi connectivity index (χ1n) is 9.00. The fraction of sp³-hybridized carbons (Fsp3) is 0.579. The van der Waals surface area contributed by atoms with Gasteiger partial charge in [0, 0.05) is 12.1 Å². The third-order valence-electron chi connectivity index (χ3n) is 5.20. The van der Waals surface area contributed by atoms with Crippen molar-refractivity contribution in [3.05, 3.63) is 28.5 Å². The minimum atomic E-state index is -0.303. The van der Waals surface area contributed by atoms with Gasteiger partial charge in [-0.15, -0.1) is 0 Å². The fourth-order valence-corrected chi connectivity index (χ4v) is 3.55. The number of rotatable bonds is 5. The third-order valence-corrected chi connectivity index (χ3v) is 5.20. The van der Waals surface area contributed by atoms with Gasteiger partial charge in [-0.05, 0) is 45.4 Å². The number of hydrogen-bond donors (Lipinski definition) is 2. The Hall–Kier alpha value is -2.42. The molecule has 2 fully saturated rings. The Kier molecular flexibility index (Phi) is 3.75. The quantitative estimate of drug-likeness (QED) is 0.878. The van der Waals surface area contributed by atoms with Gasteiger partial charge in [-0.2, -0.15) is 0 Å². The van der Waals surface area contributed by atoms with Gasteiger partial charge in [-0.25, -0.2) is 9.97 Å². The largest absolute Gasteiger partial charge is 0.347 e. The van der Waals surface area contributed by atoms with E-state index in [9.17, 15) is 4.79 Å². The zero-order valence-electron chi connectivity index (χ0n) is 15.0. The molecule has 2 aliphatic carbocycles. The maximum atomic E-state index is 13.0. The van der Waals surface area contributed by atoms with Crippen LogP contribution in [0.3, 0.4) is 0 Å². The van der Waals surface area contributed by atoms with Crippen molar-refractivity contribution in [1.29, 1.82) is 0 Å². The molecule has 2 aliphatic rings. The summed E-state index contributed by atoms with van der Waals surface area (Å²) in [4.78, 5) is 29.2. The number of hydrogen-bond acceptors (Lipinski definition) is 3. The van der Waals surface area contributed by atoms with Crippen molar-refractivity contribution in [2.75, 3.05) is 7.05 Å². The van der Waals surface area contributed by atoms with Crippen LogP contribution in [0.2, 0.25) is 0 Å². The van der Waals surface area contributed by atoms with Crippen LogP contribution in [0.5, 0.6) is 0 Å². The Morgan fingerprint density at radius 1 is 1.40 bits per heavy atom. The van der Waals surface area contributed by atoms with E-state index in [4.69, 9.17) is 4.98 Å². The van der Waals surface area contributed by atoms with Crippen molar-refractivity contribution in [3.8, 4) is 6.07 Å². The highest BCUT2D eigenvalue weighted by molar-refractivity contribution is 6.04. The van der Waals surface area contributed by atoms with Gasteiger partial charge in [0.1, 0.15) is 10.9 Å². The molecule has 2 aromatic rings. The van der Waals surface area contributed by atoms with Crippen molar-refractivity contribution in [2.45, 2.75) is 51.5 Å². The molecule has 0 spiro atoms. The van der Waals surface area contributed by atoms with Crippen LogP contribution in [0.25, 0.3) is 16.0 Å². The number of aromatic amines is 1. The average molecular weight is 338 g/mol. The molecule has 2 saturated carbocycles. The van der Waals surface area contributed by atoms with Crippen molar-refractivity contribution in [1.82, 2.24) is 20.3 Å². The summed E-state index contributed by atoms with van der Waals surface area (Å²) in [5, 5.41) is 3.21. The molecule has 6 heteroatoms. The second kappa shape index (κ2) is 5.83. The topological polar surface area (TPSA) is 75.0 Å². The first-order valence-corrected chi connectivity index (χ1v) is 9.00. The molecular weight excluding hydrogens is 314 g/mol. The smallest absolute Gasteiger partial charge is 0.280 e. The van der Waals surface area contributed by atoms with Crippen molar-refractivity contribution < 1.29 is 4.79 Å². The van der Waals surface area contributed by atoms with Crippen molar-refractivity contribution in [3.63, 3.8) is 0 Å². The number of carbonyl (C=O) groups is 1. The minimum absolute atomic E-state index is 0.0215. The molecule has 2 heterocycles. The number of nitrogens with one attached hydrogen (secondary N) is 2. The molecule has 130 valence electrons. The second-order valence-corrected chi connectivity index (χ2v) is 7.81. The monoisotopic (exact) mass is 338 g/mol. The van der Waals surface area contributed by atoms with E-state index in [1.54, 1.807) is 13.2 Å². The molecule has 25 heavy (non-hydrogen) atoms. The molecular formula is C19H24N5O+. The van der Waals surface area contributed by atoms with Gasteiger partial charge in [0.15, 0.2) is 5.65 Å². The van der Waals surface area contributed by atoms with E-state index in [0.29, 0.717) is 28.6 Å². The van der Waals surface area contributed by atoms with Gasteiger partial charge >= 0.3 is 0 Å². The summed E-state index contributed by atoms with van der Waals surface area (Å²) in [6.45, 7) is 4.15. The van der Waals surface area contributed by atoms with Gasteiger partial charge in [0.25, 0.3) is 19.0 Å². The number of fused-ring (bicyclic) bond motifs is 1. The van der Waals surface area contributed by atoms with Crippen LogP contribution in [0, 0.1) is 17.4 Å². The average Bonchev–Trinajstić information content (AvgIpc) is 3.48. The van der Waals surface area contributed by atoms with Crippen molar-refractivity contribution >= 4 is 17.1 Å². The summed E-state index contributed by atoms with van der Waals surface area (Å²) in [6, 6.07) is 3.16. The maximum Gasteiger partial charge on any atom is 0.280 e. The molecule has 6 nitrogen and oxygen atoms in total. The van der Waals surface area contributed by atoms with E-state index in [2.05, 4.69) is 40.0 Å². The molecule has 1 unspecified atom stereocenters. The summed E-state index contributed by atoms with van der Waals surface area (Å²) in [6.07, 6.45) is 8.14. The predicted molar refractivity (Wildman–Crippen MR) is 96.8 cm³/mol. The predicted octanol–water partition coefficient (Wildman–Crippen LogP) is 3.33. The van der Waals surface area contributed by atoms with Crippen LogP contribution in [0.1, 0.15) is 61.5 Å². The van der Waals surface area contributed by atoms with Crippen LogP contribution in [-0.2, 0) is 0 Å². The number of aromatic nitrogens is 3. The summed E-state index contributed by atoms with van der Waals surface area (Å²) in [5.74, 6) is 0.902. The Labute approximate surface area is 147 Å². The molecule has 1 amide bonds. The van der Waals surface area contributed by atoms with E-state index < -0.39 is 0 Å². The van der Waals surface area contributed by atoms with Gasteiger partial charge in [-0.3, -0.25) is 4.79 Å². The first kappa shape index (κ1) is 16.1. The normalized spacial score (nSPS) is 18.5. The number of H-pyrrole nitrogens is 1. The maximum absolute atomic E-state index is 13.0. The highest BCUT2D eigenvalue weighted by atomic mass is 16.1. The van der Waals surface area contributed by atoms with E-state index >= 15 is 0 Å². The summed E-state index contributed by atoms with van der Waals surface area (Å²) in [7, 11) is 1.72. The molecule has 0 bridgehead atoms. The molecule has 0 saturated heterocycles. The van der Waals surface area contributed by atoms with E-state index in [-0.39, 0.29) is 17.4 Å². The lowest BCUT2D eigenvalue weighted by Crippen LogP contribution is -2.46. The Bertz CT molecular complexity index is 880. The fourth-order valence-electron chi connectivity index (χ4n) is 3.55. The minimum Gasteiger partial charge on any atom is -0.347 e. The van der Waals surface area contributed by atoms with Crippen LogP contribution in [0.4, 0.5) is 0 Å². The number of amides is 1. The molecule has 0 aliphatic heterocycles.